The van der Waals surface area contributed by atoms with Crippen molar-refractivity contribution < 1.29 is 9.90 Å². The molecular formula is C25H23NO2S. The average Bonchev–Trinajstić information content (AvgIpc) is 3.00. The Labute approximate surface area is 175 Å². The zero-order chi connectivity index (χ0) is 20.4. The van der Waals surface area contributed by atoms with Gasteiger partial charge in [0.1, 0.15) is 0 Å². The van der Waals surface area contributed by atoms with E-state index in [0.717, 1.165) is 22.3 Å². The molecule has 1 amide bonds. The summed E-state index contributed by atoms with van der Waals surface area (Å²) in [6.07, 6.45) is 2.04. The number of benzene rings is 3. The lowest BCUT2D eigenvalue weighted by molar-refractivity contribution is -0.130. The highest BCUT2D eigenvalue weighted by molar-refractivity contribution is 7.98. The lowest BCUT2D eigenvalue weighted by atomic mass is 9.93. The van der Waals surface area contributed by atoms with Crippen molar-refractivity contribution >= 4 is 23.2 Å². The maximum Gasteiger partial charge on any atom is 0.290 e. The molecule has 0 saturated heterocycles. The van der Waals surface area contributed by atoms with E-state index in [2.05, 4.69) is 12.1 Å². The minimum Gasteiger partial charge on any atom is -0.503 e. The normalized spacial score (nSPS) is 16.6. The van der Waals surface area contributed by atoms with Crippen LogP contribution in [0.25, 0.3) is 5.57 Å². The summed E-state index contributed by atoms with van der Waals surface area (Å²) in [7, 11) is 0. The number of thioether (sulfide) groups is 1. The third-order valence-electron chi connectivity index (χ3n) is 5.29. The second-order valence-corrected chi connectivity index (χ2v) is 8.10. The van der Waals surface area contributed by atoms with Crippen LogP contribution >= 0.6 is 11.8 Å². The molecule has 1 atom stereocenters. The number of aliphatic hydroxyl groups is 1. The predicted molar refractivity (Wildman–Crippen MR) is 119 cm³/mol. The van der Waals surface area contributed by atoms with Crippen molar-refractivity contribution in [2.75, 3.05) is 6.26 Å². The molecule has 4 rings (SSSR count). The number of aryl methyl sites for hydroxylation is 1. The van der Waals surface area contributed by atoms with E-state index in [-0.39, 0.29) is 17.7 Å². The first kappa shape index (κ1) is 19.3. The van der Waals surface area contributed by atoms with Crippen LogP contribution in [-0.2, 0) is 11.3 Å². The van der Waals surface area contributed by atoms with Gasteiger partial charge in [0.25, 0.3) is 5.91 Å². The van der Waals surface area contributed by atoms with Gasteiger partial charge in [-0.2, -0.15) is 0 Å². The Balaban J connectivity index is 1.76. The predicted octanol–water partition coefficient (Wildman–Crippen LogP) is 5.77. The summed E-state index contributed by atoms with van der Waals surface area (Å²) < 4.78 is 0. The Morgan fingerprint density at radius 1 is 0.931 bits per heavy atom. The van der Waals surface area contributed by atoms with Crippen LogP contribution in [0.15, 0.2) is 89.5 Å². The first-order valence-electron chi connectivity index (χ1n) is 9.57. The summed E-state index contributed by atoms with van der Waals surface area (Å²) >= 11 is 1.69. The van der Waals surface area contributed by atoms with Gasteiger partial charge < -0.3 is 10.0 Å². The number of hydrogen-bond acceptors (Lipinski definition) is 3. The van der Waals surface area contributed by atoms with Crippen molar-refractivity contribution in [3.05, 3.63) is 107 Å². The summed E-state index contributed by atoms with van der Waals surface area (Å²) in [5, 5.41) is 10.8. The largest absolute Gasteiger partial charge is 0.503 e. The highest BCUT2D eigenvalue weighted by Gasteiger charge is 2.40. The SMILES string of the molecule is CSc1ccc(CN2C(=O)C(O)=C(c3ccc(C)cc3)[C@@H]2c2ccccc2)cc1. The van der Waals surface area contributed by atoms with Crippen molar-refractivity contribution in [3.8, 4) is 0 Å². The van der Waals surface area contributed by atoms with Crippen LogP contribution in [0, 0.1) is 6.92 Å². The topological polar surface area (TPSA) is 40.5 Å². The molecule has 0 aliphatic carbocycles. The van der Waals surface area contributed by atoms with Gasteiger partial charge in [-0.05, 0) is 42.0 Å². The van der Waals surface area contributed by atoms with Crippen LogP contribution in [0.3, 0.4) is 0 Å². The molecule has 3 aromatic carbocycles. The molecule has 1 aliphatic heterocycles. The fraction of sp³-hybridized carbons (Fsp3) is 0.160. The Hall–Kier alpha value is -2.98. The van der Waals surface area contributed by atoms with E-state index in [9.17, 15) is 9.90 Å². The van der Waals surface area contributed by atoms with E-state index in [1.807, 2.05) is 79.9 Å². The fourth-order valence-corrected chi connectivity index (χ4v) is 4.16. The Morgan fingerprint density at radius 3 is 2.21 bits per heavy atom. The number of carbonyl (C=O) groups excluding carboxylic acids is 1. The van der Waals surface area contributed by atoms with Crippen molar-refractivity contribution in [2.24, 2.45) is 0 Å². The van der Waals surface area contributed by atoms with Crippen LogP contribution in [0.4, 0.5) is 0 Å². The van der Waals surface area contributed by atoms with E-state index in [4.69, 9.17) is 0 Å². The third kappa shape index (κ3) is 3.81. The molecule has 3 nitrogen and oxygen atoms in total. The highest BCUT2D eigenvalue weighted by atomic mass is 32.2. The smallest absolute Gasteiger partial charge is 0.290 e. The molecule has 29 heavy (non-hydrogen) atoms. The standard InChI is InChI=1S/C25H23NO2S/c1-17-8-12-19(13-9-17)22-23(20-6-4-3-5-7-20)26(25(28)24(22)27)16-18-10-14-21(29-2)15-11-18/h3-15,23,27H,16H2,1-2H3/t23-/m0/s1. The van der Waals surface area contributed by atoms with Crippen LogP contribution in [0.1, 0.15) is 28.3 Å². The summed E-state index contributed by atoms with van der Waals surface area (Å²) in [5.74, 6) is -0.494. The van der Waals surface area contributed by atoms with Gasteiger partial charge in [-0.3, -0.25) is 4.79 Å². The van der Waals surface area contributed by atoms with Gasteiger partial charge in [0.15, 0.2) is 5.76 Å². The molecule has 0 radical (unpaired) electrons. The lowest BCUT2D eigenvalue weighted by Gasteiger charge is -2.27. The van der Waals surface area contributed by atoms with Crippen LogP contribution in [0.5, 0.6) is 0 Å². The lowest BCUT2D eigenvalue weighted by Crippen LogP contribution is -2.29. The summed E-state index contributed by atoms with van der Waals surface area (Å²) in [6.45, 7) is 2.46. The third-order valence-corrected chi connectivity index (χ3v) is 6.04. The fourth-order valence-electron chi connectivity index (χ4n) is 3.75. The van der Waals surface area contributed by atoms with Crippen LogP contribution < -0.4 is 0 Å². The molecule has 1 N–H and O–H groups in total. The molecule has 3 aromatic rings. The van der Waals surface area contributed by atoms with E-state index < -0.39 is 0 Å². The number of carbonyl (C=O) groups is 1. The van der Waals surface area contributed by atoms with Gasteiger partial charge in [0.05, 0.1) is 6.04 Å². The highest BCUT2D eigenvalue weighted by Crippen LogP contribution is 2.43. The van der Waals surface area contributed by atoms with Gasteiger partial charge in [0, 0.05) is 17.0 Å². The average molecular weight is 402 g/mol. The molecule has 1 heterocycles. The van der Waals surface area contributed by atoms with Gasteiger partial charge in [-0.1, -0.05) is 72.3 Å². The summed E-state index contributed by atoms with van der Waals surface area (Å²) in [6, 6.07) is 25.7. The second kappa shape index (κ2) is 8.18. The van der Waals surface area contributed by atoms with E-state index >= 15 is 0 Å². The maximum absolute atomic E-state index is 13.1. The minimum atomic E-state index is -0.330. The van der Waals surface area contributed by atoms with Crippen LogP contribution in [-0.4, -0.2) is 22.2 Å². The van der Waals surface area contributed by atoms with E-state index in [1.165, 1.54) is 4.90 Å². The first-order chi connectivity index (χ1) is 14.1. The van der Waals surface area contributed by atoms with E-state index in [0.29, 0.717) is 12.1 Å². The monoisotopic (exact) mass is 401 g/mol. The Bertz CT molecular complexity index is 1040. The van der Waals surface area contributed by atoms with Crippen molar-refractivity contribution in [3.63, 3.8) is 0 Å². The summed E-state index contributed by atoms with van der Waals surface area (Å²) in [4.78, 5) is 16.0. The van der Waals surface area contributed by atoms with Gasteiger partial charge in [-0.25, -0.2) is 0 Å². The maximum atomic E-state index is 13.1. The Morgan fingerprint density at radius 2 is 1.59 bits per heavy atom. The second-order valence-electron chi connectivity index (χ2n) is 7.22. The zero-order valence-corrected chi connectivity index (χ0v) is 17.3. The molecule has 4 heteroatoms. The van der Waals surface area contributed by atoms with Crippen molar-refractivity contribution in [1.82, 2.24) is 4.90 Å². The molecule has 0 unspecified atom stereocenters. The van der Waals surface area contributed by atoms with Gasteiger partial charge in [-0.15, -0.1) is 11.8 Å². The molecule has 0 spiro atoms. The van der Waals surface area contributed by atoms with Gasteiger partial charge >= 0.3 is 0 Å². The zero-order valence-electron chi connectivity index (χ0n) is 16.5. The van der Waals surface area contributed by atoms with E-state index in [1.54, 1.807) is 16.7 Å². The number of aliphatic hydroxyl groups excluding tert-OH is 1. The van der Waals surface area contributed by atoms with Crippen molar-refractivity contribution in [1.29, 1.82) is 0 Å². The summed E-state index contributed by atoms with van der Waals surface area (Å²) in [5.41, 5.74) is 4.70. The molecule has 0 saturated carbocycles. The number of amides is 1. The quantitative estimate of drug-likeness (QED) is 0.552. The molecule has 1 aliphatic rings. The molecule has 146 valence electrons. The van der Waals surface area contributed by atoms with Crippen molar-refractivity contribution in [2.45, 2.75) is 24.4 Å². The number of nitrogens with zero attached hydrogens (tertiary/aromatic N) is 1. The molecule has 0 fully saturated rings. The van der Waals surface area contributed by atoms with Crippen LogP contribution in [0.2, 0.25) is 0 Å². The first-order valence-corrected chi connectivity index (χ1v) is 10.8. The number of rotatable bonds is 5. The Kier molecular flexibility index (Phi) is 5.45. The minimum absolute atomic E-state index is 0.163. The molecule has 0 bridgehead atoms. The number of hydrogen-bond donors (Lipinski definition) is 1. The molecular weight excluding hydrogens is 378 g/mol. The molecule has 0 aromatic heterocycles. The van der Waals surface area contributed by atoms with Gasteiger partial charge in [0.2, 0.25) is 0 Å².